The van der Waals surface area contributed by atoms with Crippen LogP contribution in [0.25, 0.3) is 11.0 Å². The predicted octanol–water partition coefficient (Wildman–Crippen LogP) is 6.60. The zero-order valence-corrected chi connectivity index (χ0v) is 21.0. The van der Waals surface area contributed by atoms with Crippen LogP contribution >= 0.6 is 0 Å². The van der Waals surface area contributed by atoms with Crippen LogP contribution in [0, 0.1) is 53.3 Å². The molecule has 6 rings (SSSR count). The molecule has 0 saturated heterocycles. The Morgan fingerprint density at radius 3 is 2.73 bits per heavy atom. The molecular weight excluding hydrogens is 406 g/mol. The third-order valence-electron chi connectivity index (χ3n) is 11.2. The number of aromatic nitrogens is 3. The minimum atomic E-state index is 0.157. The van der Waals surface area contributed by atoms with E-state index in [-0.39, 0.29) is 11.3 Å². The number of Topliss-reactive ketones (excluding diaryl/α,β-unsaturated/α-hetero) is 1. The summed E-state index contributed by atoms with van der Waals surface area (Å²) in [7, 11) is 0. The van der Waals surface area contributed by atoms with E-state index in [2.05, 4.69) is 56.2 Å². The third kappa shape index (κ3) is 3.26. The lowest BCUT2D eigenvalue weighted by molar-refractivity contribution is -0.143. The van der Waals surface area contributed by atoms with E-state index in [1.807, 2.05) is 4.68 Å². The smallest absolute Gasteiger partial charge is 0.157 e. The number of hydrogen-bond acceptors (Lipinski definition) is 3. The number of rotatable bonds is 3. The zero-order chi connectivity index (χ0) is 23.0. The average molecular weight is 448 g/mol. The molecule has 8 atom stereocenters. The largest absolute Gasteiger partial charge is 0.297 e. The van der Waals surface area contributed by atoms with Crippen LogP contribution in [0.2, 0.25) is 0 Å². The molecule has 178 valence electrons. The van der Waals surface area contributed by atoms with Gasteiger partial charge in [-0.2, -0.15) is 0 Å². The van der Waals surface area contributed by atoms with E-state index in [0.717, 1.165) is 41.1 Å². The monoisotopic (exact) mass is 447 g/mol. The van der Waals surface area contributed by atoms with Crippen molar-refractivity contribution in [3.63, 3.8) is 0 Å². The lowest BCUT2D eigenvalue weighted by atomic mass is 9.43. The van der Waals surface area contributed by atoms with Crippen molar-refractivity contribution >= 4 is 16.8 Å². The van der Waals surface area contributed by atoms with Crippen molar-refractivity contribution in [2.24, 2.45) is 46.3 Å². The molecule has 2 unspecified atom stereocenters. The number of aryl methyl sites for hydroxylation is 1. The number of ketones is 1. The number of benzene rings is 1. The van der Waals surface area contributed by atoms with Crippen LogP contribution in [0.15, 0.2) is 18.2 Å². The Hall–Kier alpha value is -1.71. The standard InChI is InChI=1S/C29H41N3O/c1-18-5-7-21-20(15-18)11-13-28(3)22(21)12-14-29(4)23(8-10-27(28)29)26(33)17-32-25-9-6-19(2)16-24(25)30-31-32/h6,9,16,18,20-23,27H,5,7-8,10-15,17H2,1-4H3/t18-,20?,21-,22+,23+,27-,28?,29+/m0/s1. The van der Waals surface area contributed by atoms with Gasteiger partial charge in [0.05, 0.1) is 5.52 Å². The minimum absolute atomic E-state index is 0.157. The van der Waals surface area contributed by atoms with Gasteiger partial charge in [0, 0.05) is 5.92 Å². The van der Waals surface area contributed by atoms with Gasteiger partial charge in [-0.15, -0.1) is 5.10 Å². The molecule has 33 heavy (non-hydrogen) atoms. The SMILES string of the molecule is Cc1ccc2c(c1)nnn2CC(=O)[C@H]1CC[C@H]2C3(C)CCC4C[C@@H](C)CC[C@@H]4[C@H]3CC[C@]12C. The maximum absolute atomic E-state index is 13.7. The molecule has 4 saturated carbocycles. The predicted molar refractivity (Wildman–Crippen MR) is 132 cm³/mol. The summed E-state index contributed by atoms with van der Waals surface area (Å²) in [5.41, 5.74) is 3.64. The minimum Gasteiger partial charge on any atom is -0.297 e. The van der Waals surface area contributed by atoms with E-state index in [4.69, 9.17) is 0 Å². The van der Waals surface area contributed by atoms with E-state index >= 15 is 0 Å². The highest BCUT2D eigenvalue weighted by Crippen LogP contribution is 2.69. The Kier molecular flexibility index (Phi) is 5.05. The molecule has 4 nitrogen and oxygen atoms in total. The molecule has 4 aliphatic carbocycles. The summed E-state index contributed by atoms with van der Waals surface area (Å²) in [6, 6.07) is 6.21. The van der Waals surface area contributed by atoms with Crippen molar-refractivity contribution in [1.82, 2.24) is 15.0 Å². The normalized spacial score (nSPS) is 42.5. The van der Waals surface area contributed by atoms with Gasteiger partial charge >= 0.3 is 0 Å². The first kappa shape index (κ1) is 21.8. The lowest BCUT2D eigenvalue weighted by Gasteiger charge is -2.62. The average Bonchev–Trinajstić information content (AvgIpc) is 3.34. The Labute approximate surface area is 198 Å². The van der Waals surface area contributed by atoms with E-state index < -0.39 is 0 Å². The number of carbonyl (C=O) groups is 1. The van der Waals surface area contributed by atoms with Gasteiger partial charge in [-0.3, -0.25) is 4.79 Å². The molecule has 0 spiro atoms. The van der Waals surface area contributed by atoms with Crippen LogP contribution in [-0.2, 0) is 11.3 Å². The molecule has 0 amide bonds. The molecule has 0 aliphatic heterocycles. The summed E-state index contributed by atoms with van der Waals surface area (Å²) in [6.07, 6.45) is 12.1. The van der Waals surface area contributed by atoms with Gasteiger partial charge in [0.1, 0.15) is 12.1 Å². The Morgan fingerprint density at radius 2 is 1.88 bits per heavy atom. The van der Waals surface area contributed by atoms with Crippen molar-refractivity contribution in [3.8, 4) is 0 Å². The molecular formula is C29H41N3O. The first-order chi connectivity index (χ1) is 15.8. The highest BCUT2D eigenvalue weighted by atomic mass is 16.1. The molecule has 0 N–H and O–H groups in total. The zero-order valence-electron chi connectivity index (χ0n) is 21.0. The van der Waals surface area contributed by atoms with Crippen LogP contribution in [0.5, 0.6) is 0 Å². The fourth-order valence-corrected chi connectivity index (χ4v) is 9.65. The molecule has 4 heteroatoms. The van der Waals surface area contributed by atoms with Crippen LogP contribution in [0.3, 0.4) is 0 Å². The van der Waals surface area contributed by atoms with Crippen LogP contribution in [0.1, 0.15) is 84.1 Å². The summed E-state index contributed by atoms with van der Waals surface area (Å²) in [5, 5.41) is 8.68. The fourth-order valence-electron chi connectivity index (χ4n) is 9.65. The molecule has 1 aromatic carbocycles. The van der Waals surface area contributed by atoms with Gasteiger partial charge < -0.3 is 0 Å². The van der Waals surface area contributed by atoms with Crippen LogP contribution in [0.4, 0.5) is 0 Å². The topological polar surface area (TPSA) is 47.8 Å². The molecule has 4 aliphatic rings. The van der Waals surface area contributed by atoms with E-state index in [1.54, 1.807) is 0 Å². The summed E-state index contributed by atoms with van der Waals surface area (Å²) in [5.74, 6) is 4.99. The number of hydrogen-bond donors (Lipinski definition) is 0. The lowest BCUT2D eigenvalue weighted by Crippen LogP contribution is -2.55. The second-order valence-electron chi connectivity index (χ2n) is 12.9. The maximum atomic E-state index is 13.7. The number of nitrogens with zero attached hydrogens (tertiary/aromatic N) is 3. The van der Waals surface area contributed by atoms with E-state index in [0.29, 0.717) is 23.7 Å². The highest BCUT2D eigenvalue weighted by Gasteiger charge is 2.63. The van der Waals surface area contributed by atoms with E-state index in [9.17, 15) is 4.79 Å². The van der Waals surface area contributed by atoms with E-state index in [1.165, 1.54) is 56.9 Å². The van der Waals surface area contributed by atoms with Crippen molar-refractivity contribution < 1.29 is 4.79 Å². The van der Waals surface area contributed by atoms with Gasteiger partial charge in [-0.25, -0.2) is 4.68 Å². The summed E-state index contributed by atoms with van der Waals surface area (Å²) in [4.78, 5) is 13.7. The molecule has 2 aromatic rings. The Balaban J connectivity index is 1.23. The van der Waals surface area contributed by atoms with Crippen LogP contribution < -0.4 is 0 Å². The Morgan fingerprint density at radius 1 is 1.06 bits per heavy atom. The summed E-state index contributed by atoms with van der Waals surface area (Å²) >= 11 is 0. The molecule has 1 heterocycles. The van der Waals surface area contributed by atoms with Crippen molar-refractivity contribution in [2.75, 3.05) is 0 Å². The highest BCUT2D eigenvalue weighted by molar-refractivity contribution is 5.84. The molecule has 0 bridgehead atoms. The molecule has 4 fully saturated rings. The third-order valence-corrected chi connectivity index (χ3v) is 11.2. The second kappa shape index (κ2) is 7.65. The summed E-state index contributed by atoms with van der Waals surface area (Å²) < 4.78 is 1.84. The Bertz CT molecular complexity index is 1070. The molecule has 0 radical (unpaired) electrons. The first-order valence-corrected chi connectivity index (χ1v) is 13.6. The maximum Gasteiger partial charge on any atom is 0.157 e. The van der Waals surface area contributed by atoms with Gasteiger partial charge in [0.25, 0.3) is 0 Å². The number of fused-ring (bicyclic) bond motifs is 6. The van der Waals surface area contributed by atoms with Crippen LogP contribution in [-0.4, -0.2) is 20.8 Å². The van der Waals surface area contributed by atoms with Gasteiger partial charge in [-0.1, -0.05) is 38.5 Å². The van der Waals surface area contributed by atoms with Gasteiger partial charge in [0.2, 0.25) is 0 Å². The quantitative estimate of drug-likeness (QED) is 0.532. The van der Waals surface area contributed by atoms with Gasteiger partial charge in [0.15, 0.2) is 5.78 Å². The van der Waals surface area contributed by atoms with Gasteiger partial charge in [-0.05, 0) is 116 Å². The second-order valence-corrected chi connectivity index (χ2v) is 12.9. The molecule has 1 aromatic heterocycles. The van der Waals surface area contributed by atoms with Crippen molar-refractivity contribution in [1.29, 1.82) is 0 Å². The summed E-state index contributed by atoms with van der Waals surface area (Å²) in [6.45, 7) is 10.0. The number of carbonyl (C=O) groups excluding carboxylic acids is 1. The fraction of sp³-hybridized carbons (Fsp3) is 0.759. The van der Waals surface area contributed by atoms with Crippen molar-refractivity contribution in [3.05, 3.63) is 23.8 Å². The first-order valence-electron chi connectivity index (χ1n) is 13.6. The van der Waals surface area contributed by atoms with Crippen molar-refractivity contribution in [2.45, 2.75) is 92.0 Å².